The number of rotatable bonds is 10. The van der Waals surface area contributed by atoms with Crippen molar-refractivity contribution in [2.45, 2.75) is 63.7 Å². The van der Waals surface area contributed by atoms with Crippen LogP contribution in [-0.2, 0) is 24.1 Å². The highest BCUT2D eigenvalue weighted by Crippen LogP contribution is 2.33. The molecule has 0 radical (unpaired) electrons. The van der Waals surface area contributed by atoms with Gasteiger partial charge in [0, 0.05) is 30.9 Å². The highest BCUT2D eigenvalue weighted by molar-refractivity contribution is 5.94. The lowest BCUT2D eigenvalue weighted by Gasteiger charge is -2.26. The van der Waals surface area contributed by atoms with Gasteiger partial charge in [-0.2, -0.15) is 13.2 Å². The van der Waals surface area contributed by atoms with Gasteiger partial charge in [-0.05, 0) is 71.8 Å². The zero-order valence-electron chi connectivity index (χ0n) is 21.7. The Morgan fingerprint density at radius 2 is 1.38 bits per heavy atom. The van der Waals surface area contributed by atoms with Crippen molar-refractivity contribution in [1.29, 1.82) is 0 Å². The van der Waals surface area contributed by atoms with E-state index in [2.05, 4.69) is 34.5 Å². The molecule has 1 aliphatic rings. The van der Waals surface area contributed by atoms with E-state index in [-0.39, 0.29) is 18.9 Å². The predicted octanol–water partition coefficient (Wildman–Crippen LogP) is 7.16. The lowest BCUT2D eigenvalue weighted by molar-refractivity contribution is -0.138. The molecule has 4 rings (SSSR count). The van der Waals surface area contributed by atoms with Gasteiger partial charge in [0.25, 0.3) is 5.91 Å². The van der Waals surface area contributed by atoms with E-state index < -0.39 is 17.7 Å². The Kier molecular flexibility index (Phi) is 9.28. The first kappa shape index (κ1) is 28.2. The van der Waals surface area contributed by atoms with Crippen LogP contribution < -0.4 is 10.2 Å². The van der Waals surface area contributed by atoms with Gasteiger partial charge in [-0.3, -0.25) is 9.59 Å². The quantitative estimate of drug-likeness (QED) is 0.287. The largest absolute Gasteiger partial charge is 0.481 e. The van der Waals surface area contributed by atoms with E-state index in [0.717, 1.165) is 28.9 Å². The zero-order valence-corrected chi connectivity index (χ0v) is 21.7. The zero-order chi connectivity index (χ0) is 27.8. The second-order valence-corrected chi connectivity index (χ2v) is 10.1. The third-order valence-corrected chi connectivity index (χ3v) is 7.20. The van der Waals surface area contributed by atoms with Gasteiger partial charge in [-0.1, -0.05) is 55.7 Å². The van der Waals surface area contributed by atoms with Crippen LogP contribution in [-0.4, -0.2) is 23.5 Å². The Bertz CT molecular complexity index is 1230. The van der Waals surface area contributed by atoms with Crippen molar-refractivity contribution >= 4 is 17.6 Å². The summed E-state index contributed by atoms with van der Waals surface area (Å²) in [5.41, 5.74) is 3.69. The number of benzene rings is 3. The van der Waals surface area contributed by atoms with Gasteiger partial charge < -0.3 is 15.3 Å². The highest BCUT2D eigenvalue weighted by atomic mass is 19.4. The third-order valence-electron chi connectivity index (χ3n) is 7.20. The molecule has 3 aromatic carbocycles. The molecular weight excluding hydrogens is 505 g/mol. The average Bonchev–Trinajstić information content (AvgIpc) is 2.93. The number of aliphatic carboxylic acids is 1. The van der Waals surface area contributed by atoms with Crippen LogP contribution in [0.15, 0.2) is 72.8 Å². The van der Waals surface area contributed by atoms with Crippen molar-refractivity contribution in [3.05, 3.63) is 101 Å². The van der Waals surface area contributed by atoms with Crippen LogP contribution in [0.25, 0.3) is 0 Å². The summed E-state index contributed by atoms with van der Waals surface area (Å²) in [5.74, 6) is -0.753. The first-order chi connectivity index (χ1) is 18.7. The predicted molar refractivity (Wildman–Crippen MR) is 145 cm³/mol. The molecule has 1 fully saturated rings. The summed E-state index contributed by atoms with van der Waals surface area (Å²) in [6.45, 7) is 0.954. The number of carbonyl (C=O) groups is 2. The fourth-order valence-electron chi connectivity index (χ4n) is 5.02. The average molecular weight is 539 g/mol. The molecule has 8 heteroatoms. The van der Waals surface area contributed by atoms with Crippen molar-refractivity contribution in [2.24, 2.45) is 0 Å². The Morgan fingerprint density at radius 1 is 0.821 bits per heavy atom. The molecule has 0 aromatic heterocycles. The number of carbonyl (C=O) groups excluding carboxylic acids is 1. The van der Waals surface area contributed by atoms with Gasteiger partial charge in [0.05, 0.1) is 12.0 Å². The molecule has 3 aromatic rings. The summed E-state index contributed by atoms with van der Waals surface area (Å²) >= 11 is 0. The number of halogens is 3. The Hall–Kier alpha value is -3.81. The molecule has 1 aliphatic carbocycles. The minimum absolute atomic E-state index is 0.0345. The third kappa shape index (κ3) is 8.09. The number of amides is 1. The summed E-state index contributed by atoms with van der Waals surface area (Å²) in [6.07, 6.45) is 1.72. The maximum absolute atomic E-state index is 13.0. The van der Waals surface area contributed by atoms with Gasteiger partial charge >= 0.3 is 12.1 Å². The van der Waals surface area contributed by atoms with Crippen LogP contribution in [0.4, 0.5) is 18.9 Å². The first-order valence-corrected chi connectivity index (χ1v) is 13.3. The van der Waals surface area contributed by atoms with Crippen molar-refractivity contribution in [3.63, 3.8) is 0 Å². The smallest absolute Gasteiger partial charge is 0.416 e. The van der Waals surface area contributed by atoms with Gasteiger partial charge in [0.15, 0.2) is 0 Å². The monoisotopic (exact) mass is 538 g/mol. The van der Waals surface area contributed by atoms with Gasteiger partial charge in [-0.15, -0.1) is 0 Å². The number of hydrogen-bond acceptors (Lipinski definition) is 3. The molecule has 0 spiro atoms. The number of anilines is 1. The maximum Gasteiger partial charge on any atom is 0.416 e. The molecule has 5 nitrogen and oxygen atoms in total. The number of hydrogen-bond donors (Lipinski definition) is 2. The van der Waals surface area contributed by atoms with E-state index >= 15 is 0 Å². The molecule has 0 bridgehead atoms. The maximum atomic E-state index is 13.0. The normalized spacial score (nSPS) is 14.1. The van der Waals surface area contributed by atoms with E-state index in [0.29, 0.717) is 24.6 Å². The molecule has 0 heterocycles. The molecule has 0 saturated heterocycles. The molecule has 0 aliphatic heterocycles. The summed E-state index contributed by atoms with van der Waals surface area (Å²) < 4.78 is 39.1. The molecule has 39 heavy (non-hydrogen) atoms. The lowest BCUT2D eigenvalue weighted by Crippen LogP contribution is -2.26. The molecule has 206 valence electrons. The standard InChI is InChI=1S/C31H33F3N2O3/c32-31(33,34)27-14-8-23(9-15-27)21-36(20-22-6-10-25(11-7-22)24-4-2-1-3-5-24)28-16-12-26(13-17-28)30(39)35-19-18-29(37)38/h6-17,24H,1-5,18-21H2,(H,35,39)(H,37,38). The van der Waals surface area contributed by atoms with Crippen LogP contribution in [0.1, 0.15) is 77.1 Å². The van der Waals surface area contributed by atoms with Gasteiger partial charge in [0.2, 0.25) is 0 Å². The number of nitrogens with zero attached hydrogens (tertiary/aromatic N) is 1. The highest BCUT2D eigenvalue weighted by Gasteiger charge is 2.30. The number of carboxylic acids is 1. The van der Waals surface area contributed by atoms with Crippen LogP contribution in [0.5, 0.6) is 0 Å². The Labute approximate surface area is 226 Å². The number of carboxylic acid groups (broad SMARTS) is 1. The lowest BCUT2D eigenvalue weighted by atomic mass is 9.84. The summed E-state index contributed by atoms with van der Waals surface area (Å²) in [6, 6.07) is 20.7. The van der Waals surface area contributed by atoms with Crippen molar-refractivity contribution < 1.29 is 27.9 Å². The number of nitrogens with one attached hydrogen (secondary N) is 1. The summed E-state index contributed by atoms with van der Waals surface area (Å²) in [4.78, 5) is 25.1. The Balaban J connectivity index is 1.51. The number of alkyl halides is 3. The molecular formula is C31H33F3N2O3. The Morgan fingerprint density at radius 3 is 1.92 bits per heavy atom. The van der Waals surface area contributed by atoms with Crippen LogP contribution >= 0.6 is 0 Å². The van der Waals surface area contributed by atoms with Gasteiger partial charge in [-0.25, -0.2) is 0 Å². The molecule has 1 amide bonds. The molecule has 1 saturated carbocycles. The van der Waals surface area contributed by atoms with Crippen LogP contribution in [0.3, 0.4) is 0 Å². The molecule has 0 atom stereocenters. The van der Waals surface area contributed by atoms with E-state index in [9.17, 15) is 22.8 Å². The van der Waals surface area contributed by atoms with E-state index in [1.54, 1.807) is 24.3 Å². The summed E-state index contributed by atoms with van der Waals surface area (Å²) in [5, 5.41) is 11.3. The second-order valence-electron chi connectivity index (χ2n) is 10.1. The summed E-state index contributed by atoms with van der Waals surface area (Å²) in [7, 11) is 0. The van der Waals surface area contributed by atoms with Crippen LogP contribution in [0, 0.1) is 0 Å². The molecule has 0 unspecified atom stereocenters. The van der Waals surface area contributed by atoms with Crippen LogP contribution in [0.2, 0.25) is 0 Å². The fraction of sp³-hybridized carbons (Fsp3) is 0.355. The SMILES string of the molecule is O=C(O)CCNC(=O)c1ccc(N(Cc2ccc(C3CCCCC3)cc2)Cc2ccc(C(F)(F)F)cc2)cc1. The van der Waals surface area contributed by atoms with Crippen molar-refractivity contribution in [1.82, 2.24) is 5.32 Å². The topological polar surface area (TPSA) is 69.6 Å². The minimum Gasteiger partial charge on any atom is -0.481 e. The van der Waals surface area contributed by atoms with Crippen molar-refractivity contribution in [2.75, 3.05) is 11.4 Å². The second kappa shape index (κ2) is 12.8. The van der Waals surface area contributed by atoms with E-state index in [4.69, 9.17) is 5.11 Å². The minimum atomic E-state index is -4.39. The first-order valence-electron chi connectivity index (χ1n) is 13.3. The van der Waals surface area contributed by atoms with E-state index in [1.165, 1.54) is 49.8 Å². The molecule has 2 N–H and O–H groups in total. The van der Waals surface area contributed by atoms with Crippen molar-refractivity contribution in [3.8, 4) is 0 Å². The van der Waals surface area contributed by atoms with Gasteiger partial charge in [0.1, 0.15) is 0 Å². The fourth-order valence-corrected chi connectivity index (χ4v) is 5.02. The van der Waals surface area contributed by atoms with E-state index in [1.807, 2.05) is 0 Å².